The highest BCUT2D eigenvalue weighted by molar-refractivity contribution is 7.89. The molecule has 0 radical (unpaired) electrons. The Balaban J connectivity index is 2.13. The minimum absolute atomic E-state index is 0.0177. The lowest BCUT2D eigenvalue weighted by Crippen LogP contribution is -2.33. The van der Waals surface area contributed by atoms with Crippen LogP contribution in [0, 0.1) is 0 Å². The van der Waals surface area contributed by atoms with Gasteiger partial charge in [0.05, 0.1) is 11.0 Å². The van der Waals surface area contributed by atoms with Gasteiger partial charge in [-0.2, -0.15) is 4.31 Å². The Kier molecular flexibility index (Phi) is 4.24. The van der Waals surface area contributed by atoms with Crippen molar-refractivity contribution >= 4 is 27.3 Å². The Bertz CT molecular complexity index is 559. The molecule has 1 aromatic heterocycles. The maximum atomic E-state index is 12.2. The number of carboxylic acid groups (broad SMARTS) is 1. The van der Waals surface area contributed by atoms with Crippen molar-refractivity contribution in [3.05, 3.63) is 16.3 Å². The molecule has 1 unspecified atom stereocenters. The number of thiophene rings is 1. The molecule has 0 bridgehead atoms. The van der Waals surface area contributed by atoms with E-state index in [9.17, 15) is 13.2 Å². The Morgan fingerprint density at radius 1 is 1.63 bits per heavy atom. The third-order valence-electron chi connectivity index (χ3n) is 2.98. The number of rotatable bonds is 5. The van der Waals surface area contributed by atoms with E-state index in [1.807, 2.05) is 0 Å². The fourth-order valence-electron chi connectivity index (χ4n) is 1.92. The van der Waals surface area contributed by atoms with Crippen LogP contribution in [0.25, 0.3) is 0 Å². The zero-order chi connectivity index (χ0) is 14.0. The maximum Gasteiger partial charge on any atom is 0.345 e. The third-order valence-corrected chi connectivity index (χ3v) is 5.85. The number of carboxylic acids is 1. The predicted molar refractivity (Wildman–Crippen MR) is 70.1 cm³/mol. The van der Waals surface area contributed by atoms with E-state index in [-0.39, 0.29) is 15.9 Å². The molecular formula is C11H15NO5S2. The van der Waals surface area contributed by atoms with Crippen LogP contribution >= 0.6 is 11.3 Å². The van der Waals surface area contributed by atoms with E-state index < -0.39 is 16.0 Å². The van der Waals surface area contributed by atoms with Gasteiger partial charge in [0.15, 0.2) is 0 Å². The molecule has 1 aliphatic heterocycles. The molecule has 0 amide bonds. The zero-order valence-electron chi connectivity index (χ0n) is 10.4. The molecule has 1 atom stereocenters. The van der Waals surface area contributed by atoms with Crippen LogP contribution in [-0.2, 0) is 14.8 Å². The molecule has 1 N–H and O–H groups in total. The number of likely N-dealkylation sites (N-methyl/N-ethyl adjacent to an activating group) is 1. The summed E-state index contributed by atoms with van der Waals surface area (Å²) < 4.78 is 31.1. The summed E-state index contributed by atoms with van der Waals surface area (Å²) in [6, 6.07) is 1.19. The molecule has 19 heavy (non-hydrogen) atoms. The van der Waals surface area contributed by atoms with Crippen molar-refractivity contribution in [3.63, 3.8) is 0 Å². The first-order valence-corrected chi connectivity index (χ1v) is 8.13. The van der Waals surface area contributed by atoms with Crippen molar-refractivity contribution < 1.29 is 23.1 Å². The normalized spacial score (nSPS) is 20.0. The van der Waals surface area contributed by atoms with E-state index in [4.69, 9.17) is 9.84 Å². The molecule has 0 aromatic carbocycles. The first kappa shape index (κ1) is 14.4. The van der Waals surface area contributed by atoms with Gasteiger partial charge in [-0.25, -0.2) is 13.2 Å². The number of carbonyl (C=O) groups is 1. The summed E-state index contributed by atoms with van der Waals surface area (Å²) in [5.74, 6) is -1.12. The maximum absolute atomic E-state index is 12.2. The van der Waals surface area contributed by atoms with Gasteiger partial charge in [0.2, 0.25) is 10.0 Å². The summed E-state index contributed by atoms with van der Waals surface area (Å²) in [6.45, 7) is 0.959. The van der Waals surface area contributed by atoms with Crippen molar-refractivity contribution in [1.29, 1.82) is 0 Å². The van der Waals surface area contributed by atoms with Gasteiger partial charge in [-0.3, -0.25) is 0 Å². The van der Waals surface area contributed by atoms with Crippen molar-refractivity contribution in [2.45, 2.75) is 23.8 Å². The fraction of sp³-hybridized carbons (Fsp3) is 0.545. The summed E-state index contributed by atoms with van der Waals surface area (Å²) in [7, 11) is -2.16. The minimum Gasteiger partial charge on any atom is -0.477 e. The number of hydrogen-bond acceptors (Lipinski definition) is 5. The average molecular weight is 305 g/mol. The van der Waals surface area contributed by atoms with E-state index in [1.54, 1.807) is 0 Å². The Morgan fingerprint density at radius 2 is 2.37 bits per heavy atom. The zero-order valence-corrected chi connectivity index (χ0v) is 12.0. The van der Waals surface area contributed by atoms with E-state index in [1.165, 1.54) is 22.8 Å². The molecule has 2 heterocycles. The number of hydrogen-bond donors (Lipinski definition) is 1. The van der Waals surface area contributed by atoms with Crippen LogP contribution < -0.4 is 0 Å². The summed E-state index contributed by atoms with van der Waals surface area (Å²) in [4.78, 5) is 10.8. The molecule has 1 saturated heterocycles. The van der Waals surface area contributed by atoms with Gasteiger partial charge in [0.1, 0.15) is 4.88 Å². The predicted octanol–water partition coefficient (Wildman–Crippen LogP) is 1.25. The second kappa shape index (κ2) is 5.58. The quantitative estimate of drug-likeness (QED) is 0.885. The molecule has 2 rings (SSSR count). The van der Waals surface area contributed by atoms with Gasteiger partial charge in [-0.1, -0.05) is 0 Å². The van der Waals surface area contributed by atoms with Crippen LogP contribution in [0.1, 0.15) is 22.5 Å². The number of aromatic carboxylic acids is 1. The Morgan fingerprint density at radius 3 is 2.89 bits per heavy atom. The Labute approximate surface area is 115 Å². The van der Waals surface area contributed by atoms with Crippen molar-refractivity contribution in [2.75, 3.05) is 20.2 Å². The van der Waals surface area contributed by atoms with Crippen LogP contribution in [-0.4, -0.2) is 50.1 Å². The highest BCUT2D eigenvalue weighted by Crippen LogP contribution is 2.23. The van der Waals surface area contributed by atoms with E-state index in [0.29, 0.717) is 13.2 Å². The van der Waals surface area contributed by atoms with Gasteiger partial charge in [0, 0.05) is 25.6 Å². The molecule has 8 heteroatoms. The molecule has 0 spiro atoms. The van der Waals surface area contributed by atoms with Crippen molar-refractivity contribution in [3.8, 4) is 0 Å². The summed E-state index contributed by atoms with van der Waals surface area (Å²) in [5, 5.41) is 10.2. The van der Waals surface area contributed by atoms with Gasteiger partial charge in [-0.15, -0.1) is 11.3 Å². The van der Waals surface area contributed by atoms with Crippen molar-refractivity contribution in [1.82, 2.24) is 4.31 Å². The molecule has 0 saturated carbocycles. The molecule has 6 nitrogen and oxygen atoms in total. The molecule has 106 valence electrons. The topological polar surface area (TPSA) is 83.9 Å². The van der Waals surface area contributed by atoms with Crippen LogP contribution in [0.2, 0.25) is 0 Å². The highest BCUT2D eigenvalue weighted by Gasteiger charge is 2.27. The standard InChI is InChI=1S/C11H15NO5S2/c1-12(6-8-3-2-4-17-8)19(15,16)9-5-10(11(13)14)18-7-9/h5,7-8H,2-4,6H2,1H3,(H,13,14). The summed E-state index contributed by atoms with van der Waals surface area (Å²) in [5.41, 5.74) is 0. The van der Waals surface area contributed by atoms with E-state index >= 15 is 0 Å². The molecular weight excluding hydrogens is 290 g/mol. The Hall–Kier alpha value is -0.960. The van der Waals surface area contributed by atoms with E-state index in [2.05, 4.69) is 0 Å². The van der Waals surface area contributed by atoms with Crippen LogP contribution in [0.4, 0.5) is 0 Å². The fourth-order valence-corrected chi connectivity index (χ4v) is 4.22. The van der Waals surface area contributed by atoms with Crippen LogP contribution in [0.5, 0.6) is 0 Å². The molecule has 1 fully saturated rings. The van der Waals surface area contributed by atoms with Crippen molar-refractivity contribution in [2.24, 2.45) is 0 Å². The smallest absolute Gasteiger partial charge is 0.345 e. The van der Waals surface area contributed by atoms with Crippen LogP contribution in [0.3, 0.4) is 0 Å². The second-order valence-electron chi connectivity index (χ2n) is 4.37. The lowest BCUT2D eigenvalue weighted by molar-refractivity contribution is 0.0702. The first-order valence-electron chi connectivity index (χ1n) is 5.81. The van der Waals surface area contributed by atoms with Gasteiger partial charge in [0.25, 0.3) is 0 Å². The lowest BCUT2D eigenvalue weighted by atomic mass is 10.2. The number of ether oxygens (including phenoxy) is 1. The van der Waals surface area contributed by atoms with Gasteiger partial charge in [-0.05, 0) is 18.9 Å². The van der Waals surface area contributed by atoms with Crippen LogP contribution in [0.15, 0.2) is 16.3 Å². The molecule has 1 aliphatic rings. The number of nitrogens with zero attached hydrogens (tertiary/aromatic N) is 1. The average Bonchev–Trinajstić information content (AvgIpc) is 2.99. The lowest BCUT2D eigenvalue weighted by Gasteiger charge is -2.19. The van der Waals surface area contributed by atoms with Gasteiger partial charge < -0.3 is 9.84 Å². The monoisotopic (exact) mass is 305 g/mol. The largest absolute Gasteiger partial charge is 0.477 e. The summed E-state index contributed by atoms with van der Waals surface area (Å²) >= 11 is 0.908. The third kappa shape index (κ3) is 3.14. The second-order valence-corrected chi connectivity index (χ2v) is 7.33. The summed E-state index contributed by atoms with van der Waals surface area (Å²) in [6.07, 6.45) is 1.72. The van der Waals surface area contributed by atoms with E-state index in [0.717, 1.165) is 24.2 Å². The highest BCUT2D eigenvalue weighted by atomic mass is 32.2. The minimum atomic E-state index is -3.64. The van der Waals surface area contributed by atoms with Gasteiger partial charge >= 0.3 is 5.97 Å². The number of sulfonamides is 1. The molecule has 1 aromatic rings. The first-order chi connectivity index (χ1) is 8.91. The molecule has 0 aliphatic carbocycles. The SMILES string of the molecule is CN(CC1CCCO1)S(=O)(=O)c1csc(C(=O)O)c1.